The van der Waals surface area contributed by atoms with Crippen molar-refractivity contribution in [1.29, 1.82) is 0 Å². The molecule has 25 heavy (non-hydrogen) atoms. The lowest BCUT2D eigenvalue weighted by Gasteiger charge is -2.34. The Balaban J connectivity index is 1.44. The number of carbonyl (C=O) groups excluding carboxylic acids is 2. The van der Waals surface area contributed by atoms with Crippen LogP contribution in [-0.4, -0.2) is 57.8 Å². The van der Waals surface area contributed by atoms with Gasteiger partial charge in [0.05, 0.1) is 5.56 Å². The minimum absolute atomic E-state index is 0.00663. The maximum absolute atomic E-state index is 12.7. The summed E-state index contributed by atoms with van der Waals surface area (Å²) in [4.78, 5) is 35.8. The number of amides is 2. The summed E-state index contributed by atoms with van der Waals surface area (Å²) in [7, 11) is 0. The van der Waals surface area contributed by atoms with Gasteiger partial charge in [0.25, 0.3) is 11.8 Å². The molecule has 0 saturated carbocycles. The first-order valence-electron chi connectivity index (χ1n) is 8.20. The van der Waals surface area contributed by atoms with Crippen LogP contribution in [0.15, 0.2) is 41.1 Å². The van der Waals surface area contributed by atoms with Crippen molar-refractivity contribution in [1.82, 2.24) is 19.8 Å². The average molecular weight is 338 g/mol. The van der Waals surface area contributed by atoms with Crippen molar-refractivity contribution in [2.75, 3.05) is 26.2 Å². The van der Waals surface area contributed by atoms with Gasteiger partial charge in [0.15, 0.2) is 11.5 Å². The number of aromatic amines is 1. The van der Waals surface area contributed by atoms with Crippen molar-refractivity contribution >= 4 is 22.9 Å². The van der Waals surface area contributed by atoms with Crippen molar-refractivity contribution in [3.8, 4) is 0 Å². The topological polar surface area (TPSA) is 82.4 Å². The van der Waals surface area contributed by atoms with Crippen LogP contribution in [0.3, 0.4) is 0 Å². The van der Waals surface area contributed by atoms with E-state index in [2.05, 4.69) is 9.97 Å². The molecule has 0 aliphatic carbocycles. The third-order valence-corrected chi connectivity index (χ3v) is 4.44. The fourth-order valence-electron chi connectivity index (χ4n) is 3.11. The van der Waals surface area contributed by atoms with Gasteiger partial charge in [-0.05, 0) is 24.3 Å². The average Bonchev–Trinajstić information content (AvgIpc) is 3.28. The molecule has 2 aromatic heterocycles. The molecule has 2 amide bonds. The number of fused-ring (bicyclic) bond motifs is 1. The molecular weight excluding hydrogens is 320 g/mol. The second-order valence-electron chi connectivity index (χ2n) is 6.10. The number of hydrogen-bond acceptors (Lipinski definition) is 4. The van der Waals surface area contributed by atoms with Gasteiger partial charge in [0.1, 0.15) is 5.52 Å². The molecule has 0 spiro atoms. The van der Waals surface area contributed by atoms with E-state index in [1.807, 2.05) is 0 Å². The lowest BCUT2D eigenvalue weighted by Crippen LogP contribution is -2.50. The molecule has 3 heterocycles. The van der Waals surface area contributed by atoms with Crippen LogP contribution >= 0.6 is 0 Å². The molecular formula is C18H18N4O3. The van der Waals surface area contributed by atoms with Crippen molar-refractivity contribution < 1.29 is 14.0 Å². The normalized spacial score (nSPS) is 14.9. The molecule has 0 bridgehead atoms. The molecule has 1 aliphatic heterocycles. The quantitative estimate of drug-likeness (QED) is 0.775. The van der Waals surface area contributed by atoms with E-state index >= 15 is 0 Å². The number of rotatable bonds is 2. The van der Waals surface area contributed by atoms with Gasteiger partial charge in [-0.3, -0.25) is 9.59 Å². The van der Waals surface area contributed by atoms with E-state index in [1.54, 1.807) is 53.4 Å². The Morgan fingerprint density at radius 3 is 2.36 bits per heavy atom. The van der Waals surface area contributed by atoms with Crippen LogP contribution in [0.5, 0.6) is 0 Å². The van der Waals surface area contributed by atoms with Crippen LogP contribution in [0.4, 0.5) is 0 Å². The van der Waals surface area contributed by atoms with E-state index in [0.717, 1.165) is 0 Å². The van der Waals surface area contributed by atoms with Crippen LogP contribution in [0, 0.1) is 6.92 Å². The Bertz CT molecular complexity index is 921. The molecule has 1 fully saturated rings. The molecule has 1 N–H and O–H groups in total. The summed E-state index contributed by atoms with van der Waals surface area (Å²) in [5.41, 5.74) is 2.60. The number of carbonyl (C=O) groups is 2. The molecule has 0 radical (unpaired) electrons. The van der Waals surface area contributed by atoms with Crippen molar-refractivity contribution in [2.45, 2.75) is 6.92 Å². The summed E-state index contributed by atoms with van der Waals surface area (Å²) < 4.78 is 5.44. The van der Waals surface area contributed by atoms with Crippen LogP contribution < -0.4 is 0 Å². The predicted molar refractivity (Wildman–Crippen MR) is 91.3 cm³/mol. The number of nitrogens with one attached hydrogen (secondary N) is 1. The molecule has 1 aliphatic rings. The second-order valence-corrected chi connectivity index (χ2v) is 6.10. The first-order valence-corrected chi connectivity index (χ1v) is 8.20. The van der Waals surface area contributed by atoms with Gasteiger partial charge in [-0.1, -0.05) is 0 Å². The highest BCUT2D eigenvalue weighted by atomic mass is 16.3. The van der Waals surface area contributed by atoms with Gasteiger partial charge in [0.2, 0.25) is 0 Å². The number of hydrogen-bond donors (Lipinski definition) is 1. The standard InChI is InChI=1S/C18H18N4O3/c1-12-20-15-10-13(2-3-16(15)25-12)17(23)21-6-8-22(9-7-21)18(24)14-4-5-19-11-14/h2-5,10-11,19H,6-9H2,1H3. The summed E-state index contributed by atoms with van der Waals surface area (Å²) in [6.45, 7) is 3.88. The summed E-state index contributed by atoms with van der Waals surface area (Å²) in [6.07, 6.45) is 3.42. The van der Waals surface area contributed by atoms with E-state index in [0.29, 0.717) is 54.3 Å². The fourth-order valence-corrected chi connectivity index (χ4v) is 3.11. The number of oxazole rings is 1. The highest BCUT2D eigenvalue weighted by Gasteiger charge is 2.26. The minimum Gasteiger partial charge on any atom is -0.441 e. The van der Waals surface area contributed by atoms with Gasteiger partial charge >= 0.3 is 0 Å². The largest absolute Gasteiger partial charge is 0.441 e. The summed E-state index contributed by atoms with van der Waals surface area (Å²) in [5, 5.41) is 0. The lowest BCUT2D eigenvalue weighted by molar-refractivity contribution is 0.0535. The molecule has 1 aromatic carbocycles. The molecule has 128 valence electrons. The highest BCUT2D eigenvalue weighted by Crippen LogP contribution is 2.18. The second kappa shape index (κ2) is 6.08. The predicted octanol–water partition coefficient (Wildman–Crippen LogP) is 2.06. The molecule has 1 saturated heterocycles. The van der Waals surface area contributed by atoms with Gasteiger partial charge < -0.3 is 19.2 Å². The Morgan fingerprint density at radius 1 is 1.04 bits per heavy atom. The summed E-state index contributed by atoms with van der Waals surface area (Å²) in [5.74, 6) is 0.528. The van der Waals surface area contributed by atoms with Crippen LogP contribution in [-0.2, 0) is 0 Å². The van der Waals surface area contributed by atoms with Crippen LogP contribution in [0.2, 0.25) is 0 Å². The van der Waals surface area contributed by atoms with Crippen LogP contribution in [0.1, 0.15) is 26.6 Å². The van der Waals surface area contributed by atoms with E-state index < -0.39 is 0 Å². The molecule has 3 aromatic rings. The van der Waals surface area contributed by atoms with E-state index in [9.17, 15) is 9.59 Å². The van der Waals surface area contributed by atoms with E-state index in [-0.39, 0.29) is 11.8 Å². The molecule has 0 atom stereocenters. The molecule has 0 unspecified atom stereocenters. The SMILES string of the molecule is Cc1nc2cc(C(=O)N3CCN(C(=O)c4cc[nH]c4)CC3)ccc2o1. The zero-order valence-corrected chi connectivity index (χ0v) is 13.9. The van der Waals surface area contributed by atoms with E-state index in [1.165, 1.54) is 0 Å². The number of nitrogens with zero attached hydrogens (tertiary/aromatic N) is 3. The van der Waals surface area contributed by atoms with Gasteiger partial charge in [-0.25, -0.2) is 4.98 Å². The van der Waals surface area contributed by atoms with E-state index in [4.69, 9.17) is 4.42 Å². The Morgan fingerprint density at radius 2 is 1.72 bits per heavy atom. The van der Waals surface area contributed by atoms with Crippen LogP contribution in [0.25, 0.3) is 11.1 Å². The number of piperazine rings is 1. The molecule has 4 rings (SSSR count). The molecule has 7 heteroatoms. The third-order valence-electron chi connectivity index (χ3n) is 4.44. The number of aromatic nitrogens is 2. The minimum atomic E-state index is -0.0451. The zero-order chi connectivity index (χ0) is 17.4. The fraction of sp³-hybridized carbons (Fsp3) is 0.278. The highest BCUT2D eigenvalue weighted by molar-refractivity contribution is 5.97. The Hall–Kier alpha value is -3.09. The van der Waals surface area contributed by atoms with Crippen molar-refractivity contribution in [3.63, 3.8) is 0 Å². The first-order chi connectivity index (χ1) is 12.1. The monoisotopic (exact) mass is 338 g/mol. The first kappa shape index (κ1) is 15.4. The smallest absolute Gasteiger partial charge is 0.255 e. The van der Waals surface area contributed by atoms with Gasteiger partial charge in [-0.2, -0.15) is 0 Å². The number of aryl methyl sites for hydroxylation is 1. The summed E-state index contributed by atoms with van der Waals surface area (Å²) in [6, 6.07) is 7.04. The number of H-pyrrole nitrogens is 1. The van der Waals surface area contributed by atoms with Crippen molar-refractivity contribution in [3.05, 3.63) is 53.7 Å². The Kier molecular flexibility index (Phi) is 3.76. The number of benzene rings is 1. The lowest BCUT2D eigenvalue weighted by atomic mass is 10.1. The van der Waals surface area contributed by atoms with Gasteiger partial charge in [-0.15, -0.1) is 0 Å². The molecule has 7 nitrogen and oxygen atoms in total. The maximum Gasteiger partial charge on any atom is 0.255 e. The maximum atomic E-state index is 12.7. The van der Waals surface area contributed by atoms with Gasteiger partial charge in [0, 0.05) is 51.1 Å². The Labute approximate surface area is 144 Å². The van der Waals surface area contributed by atoms with Crippen molar-refractivity contribution in [2.24, 2.45) is 0 Å². The summed E-state index contributed by atoms with van der Waals surface area (Å²) >= 11 is 0. The zero-order valence-electron chi connectivity index (χ0n) is 13.9. The third kappa shape index (κ3) is 2.88.